The lowest BCUT2D eigenvalue weighted by Crippen LogP contribution is -2.47. The lowest BCUT2D eigenvalue weighted by Gasteiger charge is -2.49. The molecule has 190 valence electrons. The van der Waals surface area contributed by atoms with Crippen molar-refractivity contribution in [2.45, 2.75) is 83.8 Å². The Morgan fingerprint density at radius 2 is 1.68 bits per heavy atom. The van der Waals surface area contributed by atoms with Crippen molar-refractivity contribution in [3.8, 4) is 0 Å². The molecule has 2 amide bonds. The third-order valence-corrected chi connectivity index (χ3v) is 8.35. The van der Waals surface area contributed by atoms with Crippen LogP contribution in [0.3, 0.4) is 0 Å². The monoisotopic (exact) mass is 471 g/mol. The minimum atomic E-state index is -0.793. The highest BCUT2D eigenvalue weighted by molar-refractivity contribution is 5.82. The zero-order chi connectivity index (χ0) is 25.2. The van der Waals surface area contributed by atoms with Gasteiger partial charge in [-0.3, -0.25) is 14.5 Å². The Morgan fingerprint density at radius 3 is 2.24 bits per heavy atom. The zero-order valence-electron chi connectivity index (χ0n) is 22.1. The highest BCUT2D eigenvalue weighted by Gasteiger charge is 2.50. The summed E-state index contributed by atoms with van der Waals surface area (Å²) in [6.07, 6.45) is 5.98. The molecule has 1 aliphatic carbocycles. The summed E-state index contributed by atoms with van der Waals surface area (Å²) >= 11 is 0. The second-order valence-electron chi connectivity index (χ2n) is 12.2. The molecule has 1 heterocycles. The van der Waals surface area contributed by atoms with Gasteiger partial charge in [-0.1, -0.05) is 44.2 Å². The molecular formula is C28H45N3O3. The van der Waals surface area contributed by atoms with Gasteiger partial charge in [-0.05, 0) is 77.4 Å². The smallest absolute Gasteiger partial charge is 0.225 e. The van der Waals surface area contributed by atoms with Crippen LogP contribution < -0.4 is 5.32 Å². The highest BCUT2D eigenvalue weighted by atomic mass is 16.3. The third-order valence-electron chi connectivity index (χ3n) is 8.35. The molecule has 0 bridgehead atoms. The molecule has 2 fully saturated rings. The van der Waals surface area contributed by atoms with E-state index < -0.39 is 11.0 Å². The zero-order valence-corrected chi connectivity index (χ0v) is 22.1. The van der Waals surface area contributed by atoms with Crippen LogP contribution in [0.2, 0.25) is 0 Å². The number of nitrogens with one attached hydrogen (secondary N) is 1. The van der Waals surface area contributed by atoms with E-state index in [1.807, 2.05) is 18.7 Å². The quantitative estimate of drug-likeness (QED) is 0.572. The number of likely N-dealkylation sites (tertiary alicyclic amines) is 1. The van der Waals surface area contributed by atoms with E-state index in [4.69, 9.17) is 0 Å². The number of hydrogen-bond donors (Lipinski definition) is 2. The van der Waals surface area contributed by atoms with Crippen LogP contribution in [-0.4, -0.2) is 66.1 Å². The van der Waals surface area contributed by atoms with Gasteiger partial charge in [0.25, 0.3) is 0 Å². The molecule has 6 heteroatoms. The summed E-state index contributed by atoms with van der Waals surface area (Å²) in [4.78, 5) is 30.0. The summed E-state index contributed by atoms with van der Waals surface area (Å²) in [5.74, 6) is 0.213. The molecule has 1 saturated heterocycles. The maximum atomic E-state index is 13.0. The first-order valence-corrected chi connectivity index (χ1v) is 12.8. The van der Waals surface area contributed by atoms with Crippen molar-refractivity contribution in [3.05, 3.63) is 35.9 Å². The largest absolute Gasteiger partial charge is 0.390 e. The van der Waals surface area contributed by atoms with E-state index in [-0.39, 0.29) is 22.8 Å². The average molecular weight is 472 g/mol. The number of carbonyl (C=O) groups excluding carboxylic acids is 2. The van der Waals surface area contributed by atoms with E-state index in [1.165, 1.54) is 5.56 Å². The number of hydrogen-bond acceptors (Lipinski definition) is 4. The van der Waals surface area contributed by atoms with E-state index in [9.17, 15) is 14.7 Å². The number of nitrogens with zero attached hydrogens (tertiary/aromatic N) is 2. The second kappa shape index (κ2) is 9.98. The van der Waals surface area contributed by atoms with Crippen molar-refractivity contribution < 1.29 is 14.7 Å². The Morgan fingerprint density at radius 1 is 1.06 bits per heavy atom. The summed E-state index contributed by atoms with van der Waals surface area (Å²) in [6, 6.07) is 10.8. The number of aliphatic hydroxyl groups is 1. The fourth-order valence-corrected chi connectivity index (χ4v) is 5.71. The van der Waals surface area contributed by atoms with Crippen molar-refractivity contribution in [3.63, 3.8) is 0 Å². The Kier molecular flexibility index (Phi) is 7.83. The normalized spacial score (nSPS) is 25.9. The van der Waals surface area contributed by atoms with Crippen molar-refractivity contribution in [1.82, 2.24) is 15.1 Å². The third kappa shape index (κ3) is 6.01. The Balaban J connectivity index is 1.56. The van der Waals surface area contributed by atoms with E-state index >= 15 is 0 Å². The van der Waals surface area contributed by atoms with E-state index in [1.54, 1.807) is 13.8 Å². The molecule has 0 atom stereocenters. The Labute approximate surface area is 206 Å². The molecule has 3 rings (SSSR count). The molecule has 2 aliphatic rings. The SMILES string of the molecule is CN(C)[C@]1(c2ccccc2)CC[C@@]2(CC1)CC(=O)N(CCC(C)(C)C(=O)NCCC(C)(C)O)C2. The first kappa shape index (κ1) is 26.7. The van der Waals surface area contributed by atoms with Crippen molar-refractivity contribution in [2.75, 3.05) is 33.7 Å². The number of rotatable bonds is 9. The van der Waals surface area contributed by atoms with Crippen LogP contribution >= 0.6 is 0 Å². The van der Waals surface area contributed by atoms with Crippen LogP contribution in [0, 0.1) is 10.8 Å². The van der Waals surface area contributed by atoms with E-state index in [0.717, 1.165) is 32.2 Å². The molecular weight excluding hydrogens is 426 g/mol. The predicted molar refractivity (Wildman–Crippen MR) is 136 cm³/mol. The highest BCUT2D eigenvalue weighted by Crippen LogP contribution is 2.52. The van der Waals surface area contributed by atoms with Crippen LogP contribution in [0.15, 0.2) is 30.3 Å². The molecule has 1 aromatic carbocycles. The number of carbonyl (C=O) groups is 2. The number of benzene rings is 1. The topological polar surface area (TPSA) is 72.9 Å². The molecule has 2 N–H and O–H groups in total. The van der Waals surface area contributed by atoms with Crippen LogP contribution in [0.1, 0.15) is 78.2 Å². The standard InChI is InChI=1S/C28H45N3O3/c1-25(2,24(33)29-18-16-26(3,4)34)17-19-31-21-27(20-23(31)32)12-14-28(15-13-27,30(5)6)22-10-8-7-9-11-22/h7-11,34H,12-21H2,1-6H3,(H,29,33)/t27-,28-. The van der Waals surface area contributed by atoms with Gasteiger partial charge in [0, 0.05) is 37.0 Å². The van der Waals surface area contributed by atoms with Gasteiger partial charge < -0.3 is 15.3 Å². The first-order chi connectivity index (χ1) is 15.8. The van der Waals surface area contributed by atoms with Crippen LogP contribution in [0.25, 0.3) is 0 Å². The minimum Gasteiger partial charge on any atom is -0.390 e. The molecule has 34 heavy (non-hydrogen) atoms. The fraction of sp³-hybridized carbons (Fsp3) is 0.714. The summed E-state index contributed by atoms with van der Waals surface area (Å²) in [6.45, 7) is 9.24. The van der Waals surface area contributed by atoms with Gasteiger partial charge in [-0.15, -0.1) is 0 Å². The molecule has 1 aliphatic heterocycles. The van der Waals surface area contributed by atoms with Gasteiger partial charge in [-0.2, -0.15) is 0 Å². The first-order valence-electron chi connectivity index (χ1n) is 12.8. The summed E-state index contributed by atoms with van der Waals surface area (Å²) in [5, 5.41) is 12.8. The number of amides is 2. The molecule has 0 aromatic heterocycles. The Bertz CT molecular complexity index is 849. The van der Waals surface area contributed by atoms with E-state index in [0.29, 0.717) is 32.4 Å². The second-order valence-corrected chi connectivity index (χ2v) is 12.2. The predicted octanol–water partition coefficient (Wildman–Crippen LogP) is 3.93. The van der Waals surface area contributed by atoms with Gasteiger partial charge in [0.1, 0.15) is 0 Å². The maximum absolute atomic E-state index is 13.0. The van der Waals surface area contributed by atoms with Crippen LogP contribution in [0.4, 0.5) is 0 Å². The summed E-state index contributed by atoms with van der Waals surface area (Å²) in [7, 11) is 4.34. The fourth-order valence-electron chi connectivity index (χ4n) is 5.71. The van der Waals surface area contributed by atoms with Crippen molar-refractivity contribution >= 4 is 11.8 Å². The van der Waals surface area contributed by atoms with Crippen molar-refractivity contribution in [2.24, 2.45) is 10.8 Å². The summed E-state index contributed by atoms with van der Waals surface area (Å²) < 4.78 is 0. The van der Waals surface area contributed by atoms with Crippen molar-refractivity contribution in [1.29, 1.82) is 0 Å². The maximum Gasteiger partial charge on any atom is 0.225 e. The minimum absolute atomic E-state index is 0.0191. The molecule has 0 radical (unpaired) electrons. The van der Waals surface area contributed by atoms with Gasteiger partial charge in [-0.25, -0.2) is 0 Å². The molecule has 0 unspecified atom stereocenters. The molecule has 1 aromatic rings. The average Bonchev–Trinajstić information content (AvgIpc) is 3.07. The van der Waals surface area contributed by atoms with E-state index in [2.05, 4.69) is 54.6 Å². The molecule has 1 spiro atoms. The van der Waals surface area contributed by atoms with Crippen LogP contribution in [0.5, 0.6) is 0 Å². The molecule has 1 saturated carbocycles. The van der Waals surface area contributed by atoms with Gasteiger partial charge in [0.2, 0.25) is 11.8 Å². The Hall–Kier alpha value is -1.92. The lowest BCUT2D eigenvalue weighted by atomic mass is 9.64. The van der Waals surface area contributed by atoms with Gasteiger partial charge in [0.15, 0.2) is 0 Å². The molecule has 6 nitrogen and oxygen atoms in total. The van der Waals surface area contributed by atoms with Gasteiger partial charge >= 0.3 is 0 Å². The van der Waals surface area contributed by atoms with Crippen LogP contribution in [-0.2, 0) is 15.1 Å². The van der Waals surface area contributed by atoms with Gasteiger partial charge in [0.05, 0.1) is 5.60 Å². The lowest BCUT2D eigenvalue weighted by molar-refractivity contribution is -0.132. The summed E-state index contributed by atoms with van der Waals surface area (Å²) in [5.41, 5.74) is 0.110.